The fourth-order valence-corrected chi connectivity index (χ4v) is 1.86. The van der Waals surface area contributed by atoms with E-state index in [2.05, 4.69) is 19.1 Å². The van der Waals surface area contributed by atoms with Crippen LogP contribution in [0.5, 0.6) is 5.75 Å². The number of rotatable bonds is 5. The Labute approximate surface area is 108 Å². The Balaban J connectivity index is 2.57. The summed E-state index contributed by atoms with van der Waals surface area (Å²) >= 11 is 0. The number of carbonyl (C=O) groups is 1. The molecule has 0 bridgehead atoms. The van der Waals surface area contributed by atoms with Crippen molar-refractivity contribution in [2.75, 3.05) is 13.2 Å². The summed E-state index contributed by atoms with van der Waals surface area (Å²) in [5, 5.41) is 0. The number of benzene rings is 1. The van der Waals surface area contributed by atoms with E-state index < -0.39 is 0 Å². The highest BCUT2D eigenvalue weighted by molar-refractivity contribution is 5.81. The van der Waals surface area contributed by atoms with Crippen LogP contribution in [-0.2, 0) is 9.53 Å². The van der Waals surface area contributed by atoms with Crippen LogP contribution in [0.2, 0.25) is 0 Å². The smallest absolute Gasteiger partial charge is 0.330 e. The van der Waals surface area contributed by atoms with Crippen LogP contribution in [0.25, 0.3) is 0 Å². The van der Waals surface area contributed by atoms with Crippen molar-refractivity contribution in [2.45, 2.75) is 27.7 Å². The molecule has 0 saturated heterocycles. The van der Waals surface area contributed by atoms with Gasteiger partial charge in [0.05, 0.1) is 6.61 Å². The van der Waals surface area contributed by atoms with Crippen molar-refractivity contribution in [1.82, 2.24) is 0 Å². The van der Waals surface area contributed by atoms with E-state index in [1.165, 1.54) is 11.6 Å². The molecule has 1 rings (SSSR count). The second-order valence-electron chi connectivity index (χ2n) is 4.19. The van der Waals surface area contributed by atoms with E-state index in [0.717, 1.165) is 16.9 Å². The molecule has 0 aromatic heterocycles. The Hall–Kier alpha value is -1.77. The molecule has 18 heavy (non-hydrogen) atoms. The average Bonchev–Trinajstić information content (AvgIpc) is 2.27. The first-order valence-corrected chi connectivity index (χ1v) is 6.08. The fourth-order valence-electron chi connectivity index (χ4n) is 1.86. The number of hydrogen-bond acceptors (Lipinski definition) is 3. The van der Waals surface area contributed by atoms with Crippen LogP contribution in [-0.4, -0.2) is 19.2 Å². The Morgan fingerprint density at radius 3 is 2.39 bits per heavy atom. The third-order valence-electron chi connectivity index (χ3n) is 2.47. The molecule has 1 aromatic rings. The van der Waals surface area contributed by atoms with Gasteiger partial charge in [-0.3, -0.25) is 0 Å². The summed E-state index contributed by atoms with van der Waals surface area (Å²) in [5.41, 5.74) is 3.44. The lowest BCUT2D eigenvalue weighted by atomic mass is 10.1. The first kappa shape index (κ1) is 14.3. The molecule has 0 unspecified atom stereocenters. The Morgan fingerprint density at radius 2 is 1.83 bits per heavy atom. The third-order valence-corrected chi connectivity index (χ3v) is 2.47. The van der Waals surface area contributed by atoms with Gasteiger partial charge in [-0.05, 0) is 44.9 Å². The van der Waals surface area contributed by atoms with Gasteiger partial charge in [-0.2, -0.15) is 0 Å². The summed E-state index contributed by atoms with van der Waals surface area (Å²) in [4.78, 5) is 11.1. The lowest BCUT2D eigenvalue weighted by Gasteiger charge is -2.11. The number of esters is 1. The first-order valence-electron chi connectivity index (χ1n) is 6.08. The molecular weight excluding hydrogens is 228 g/mol. The molecule has 0 atom stereocenters. The van der Waals surface area contributed by atoms with Gasteiger partial charge in [-0.25, -0.2) is 4.79 Å². The van der Waals surface area contributed by atoms with Crippen molar-refractivity contribution in [3.63, 3.8) is 0 Å². The highest BCUT2D eigenvalue weighted by atomic mass is 16.5. The molecule has 3 heteroatoms. The van der Waals surface area contributed by atoms with Gasteiger partial charge in [0.1, 0.15) is 12.4 Å². The number of ether oxygens (including phenoxy) is 2. The third kappa shape index (κ3) is 4.24. The van der Waals surface area contributed by atoms with E-state index in [-0.39, 0.29) is 5.97 Å². The quantitative estimate of drug-likeness (QED) is 0.593. The number of aryl methyl sites for hydroxylation is 3. The lowest BCUT2D eigenvalue weighted by molar-refractivity contribution is -0.137. The minimum absolute atomic E-state index is 0.335. The summed E-state index contributed by atoms with van der Waals surface area (Å²) in [6, 6.07) is 4.16. The predicted molar refractivity (Wildman–Crippen MR) is 71.9 cm³/mol. The van der Waals surface area contributed by atoms with Crippen molar-refractivity contribution in [3.8, 4) is 5.75 Å². The molecule has 0 aliphatic heterocycles. The minimum atomic E-state index is -0.335. The highest BCUT2D eigenvalue weighted by Gasteiger charge is 2.04. The second-order valence-corrected chi connectivity index (χ2v) is 4.19. The van der Waals surface area contributed by atoms with Crippen molar-refractivity contribution in [3.05, 3.63) is 41.0 Å². The zero-order valence-corrected chi connectivity index (χ0v) is 11.4. The van der Waals surface area contributed by atoms with Gasteiger partial charge in [-0.1, -0.05) is 17.7 Å². The Kier molecular flexibility index (Phi) is 5.43. The van der Waals surface area contributed by atoms with E-state index >= 15 is 0 Å². The van der Waals surface area contributed by atoms with Crippen LogP contribution >= 0.6 is 0 Å². The molecule has 0 radical (unpaired) electrons. The van der Waals surface area contributed by atoms with Crippen molar-refractivity contribution in [1.29, 1.82) is 0 Å². The molecule has 98 valence electrons. The van der Waals surface area contributed by atoms with Crippen LogP contribution in [0, 0.1) is 20.8 Å². The van der Waals surface area contributed by atoms with Gasteiger partial charge in [0, 0.05) is 6.08 Å². The molecule has 0 heterocycles. The van der Waals surface area contributed by atoms with E-state index in [4.69, 9.17) is 9.47 Å². The van der Waals surface area contributed by atoms with Crippen LogP contribution < -0.4 is 4.74 Å². The SMILES string of the molecule is CCOC(=O)/C=C/COc1c(C)cc(C)cc1C. The maximum absolute atomic E-state index is 11.1. The molecule has 0 aliphatic rings. The molecule has 1 aromatic carbocycles. The molecular formula is C15H20O3. The van der Waals surface area contributed by atoms with Crippen molar-refractivity contribution < 1.29 is 14.3 Å². The second kappa shape index (κ2) is 6.84. The summed E-state index contributed by atoms with van der Waals surface area (Å²) in [5.74, 6) is 0.549. The monoisotopic (exact) mass is 248 g/mol. The predicted octanol–water partition coefficient (Wildman–Crippen LogP) is 3.11. The van der Waals surface area contributed by atoms with Crippen LogP contribution in [0.1, 0.15) is 23.6 Å². The highest BCUT2D eigenvalue weighted by Crippen LogP contribution is 2.24. The topological polar surface area (TPSA) is 35.5 Å². The van der Waals surface area contributed by atoms with Crippen LogP contribution in [0.4, 0.5) is 0 Å². The van der Waals surface area contributed by atoms with Crippen LogP contribution in [0.3, 0.4) is 0 Å². The number of hydrogen-bond donors (Lipinski definition) is 0. The summed E-state index contributed by atoms with van der Waals surface area (Å²) in [6.07, 6.45) is 3.05. The maximum atomic E-state index is 11.1. The standard InChI is InChI=1S/C15H20O3/c1-5-17-14(16)7-6-8-18-15-12(3)9-11(2)10-13(15)4/h6-7,9-10H,5,8H2,1-4H3/b7-6+. The summed E-state index contributed by atoms with van der Waals surface area (Å²) in [6.45, 7) is 8.63. The minimum Gasteiger partial charge on any atom is -0.489 e. The van der Waals surface area contributed by atoms with Gasteiger partial charge < -0.3 is 9.47 Å². The normalized spacial score (nSPS) is 10.7. The zero-order chi connectivity index (χ0) is 13.5. The molecule has 0 spiro atoms. The van der Waals surface area contributed by atoms with Gasteiger partial charge in [0.2, 0.25) is 0 Å². The Morgan fingerprint density at radius 1 is 1.22 bits per heavy atom. The van der Waals surface area contributed by atoms with Gasteiger partial charge in [-0.15, -0.1) is 0 Å². The Bertz CT molecular complexity index is 424. The van der Waals surface area contributed by atoms with E-state index in [9.17, 15) is 4.79 Å². The van der Waals surface area contributed by atoms with E-state index in [0.29, 0.717) is 13.2 Å². The largest absolute Gasteiger partial charge is 0.489 e. The molecule has 0 amide bonds. The molecule has 0 fully saturated rings. The average molecular weight is 248 g/mol. The van der Waals surface area contributed by atoms with Crippen LogP contribution in [0.15, 0.2) is 24.3 Å². The lowest BCUT2D eigenvalue weighted by Crippen LogP contribution is -2.02. The molecule has 0 N–H and O–H groups in total. The van der Waals surface area contributed by atoms with Gasteiger partial charge in [0.15, 0.2) is 0 Å². The molecule has 0 saturated carbocycles. The molecule has 0 aliphatic carbocycles. The molecule has 3 nitrogen and oxygen atoms in total. The number of carbonyl (C=O) groups excluding carboxylic acids is 1. The van der Waals surface area contributed by atoms with E-state index in [1.807, 2.05) is 13.8 Å². The van der Waals surface area contributed by atoms with Gasteiger partial charge >= 0.3 is 5.97 Å². The summed E-state index contributed by atoms with van der Waals surface area (Å²) in [7, 11) is 0. The maximum Gasteiger partial charge on any atom is 0.330 e. The fraction of sp³-hybridized carbons (Fsp3) is 0.400. The summed E-state index contributed by atoms with van der Waals surface area (Å²) < 4.78 is 10.4. The van der Waals surface area contributed by atoms with E-state index in [1.54, 1.807) is 13.0 Å². The first-order chi connectivity index (χ1) is 8.54. The van der Waals surface area contributed by atoms with Crippen molar-refractivity contribution >= 4 is 5.97 Å². The van der Waals surface area contributed by atoms with Gasteiger partial charge in [0.25, 0.3) is 0 Å². The zero-order valence-electron chi connectivity index (χ0n) is 11.4. The van der Waals surface area contributed by atoms with Crippen molar-refractivity contribution in [2.24, 2.45) is 0 Å².